The summed E-state index contributed by atoms with van der Waals surface area (Å²) in [4.78, 5) is 22.1. The van der Waals surface area contributed by atoms with Crippen LogP contribution in [0.15, 0.2) is 24.3 Å². The molecule has 0 aliphatic carbocycles. The number of hydrogen-bond donors (Lipinski definition) is 2. The van der Waals surface area contributed by atoms with Gasteiger partial charge in [-0.3, -0.25) is 0 Å². The van der Waals surface area contributed by atoms with E-state index in [1.54, 1.807) is 0 Å². The zero-order valence-corrected chi connectivity index (χ0v) is 16.9. The monoisotopic (exact) mass is 426 g/mol. The molecule has 3 rings (SSSR count). The molecule has 166 valence electrons. The Balaban J connectivity index is 1.38. The number of carboxylic acid groups (broad SMARTS) is 2. The van der Waals surface area contributed by atoms with Gasteiger partial charge in [0.25, 0.3) is 11.6 Å². The molecule has 30 heavy (non-hydrogen) atoms. The van der Waals surface area contributed by atoms with Gasteiger partial charge in [0.1, 0.15) is 12.2 Å². The molecule has 0 bridgehead atoms. The first-order chi connectivity index (χ1) is 14.2. The first-order valence-corrected chi connectivity index (χ1v) is 9.54. The molecule has 2 aliphatic rings. The van der Waals surface area contributed by atoms with Crippen LogP contribution >= 0.6 is 0 Å². The fourth-order valence-corrected chi connectivity index (χ4v) is 2.79. The zero-order chi connectivity index (χ0) is 21.8. The standard InChI is InChI=1S/C20H26O10/c1-19(17(21)22)27-9-15(10-28-19)25-7-13-3-5-14(6-4-13)8-26-16-11-29-20(2,18(23)24)30-12-16/h3-6,15-16H,7-12H2,1-2H3,(H,21,22)(H,23,24). The van der Waals surface area contributed by atoms with Gasteiger partial charge in [-0.05, 0) is 11.1 Å². The molecular weight excluding hydrogens is 400 g/mol. The van der Waals surface area contributed by atoms with Gasteiger partial charge < -0.3 is 38.6 Å². The van der Waals surface area contributed by atoms with E-state index in [1.165, 1.54) is 13.8 Å². The van der Waals surface area contributed by atoms with Crippen molar-refractivity contribution >= 4 is 11.9 Å². The lowest BCUT2D eigenvalue weighted by molar-refractivity contribution is -0.285. The maximum Gasteiger partial charge on any atom is 0.364 e. The summed E-state index contributed by atoms with van der Waals surface area (Å²) in [5.74, 6) is -5.58. The first kappa shape index (κ1) is 22.6. The summed E-state index contributed by atoms with van der Waals surface area (Å²) in [6, 6.07) is 7.61. The molecule has 2 fully saturated rings. The zero-order valence-electron chi connectivity index (χ0n) is 16.9. The fraction of sp³-hybridized carbons (Fsp3) is 0.600. The van der Waals surface area contributed by atoms with Gasteiger partial charge >= 0.3 is 11.9 Å². The third-order valence-electron chi connectivity index (χ3n) is 4.95. The van der Waals surface area contributed by atoms with Gasteiger partial charge in [0.2, 0.25) is 0 Å². The molecule has 1 aromatic rings. The average molecular weight is 426 g/mol. The van der Waals surface area contributed by atoms with Crippen LogP contribution in [0.25, 0.3) is 0 Å². The van der Waals surface area contributed by atoms with Crippen molar-refractivity contribution < 1.29 is 48.2 Å². The summed E-state index contributed by atoms with van der Waals surface area (Å²) >= 11 is 0. The van der Waals surface area contributed by atoms with Crippen LogP contribution in [0.1, 0.15) is 25.0 Å². The molecule has 0 amide bonds. The van der Waals surface area contributed by atoms with E-state index in [4.69, 9.17) is 38.6 Å². The third kappa shape index (κ3) is 5.54. The second-order valence-electron chi connectivity index (χ2n) is 7.43. The SMILES string of the molecule is CC1(C(=O)O)OCC(OCc2ccc(COC3COC(C)(C(=O)O)OC3)cc2)CO1. The Morgan fingerprint density at radius 3 is 1.37 bits per heavy atom. The van der Waals surface area contributed by atoms with E-state index in [-0.39, 0.29) is 38.6 Å². The maximum atomic E-state index is 11.1. The lowest BCUT2D eigenvalue weighted by atomic mass is 10.1. The molecule has 10 heteroatoms. The van der Waals surface area contributed by atoms with Crippen LogP contribution < -0.4 is 0 Å². The summed E-state index contributed by atoms with van der Waals surface area (Å²) in [5.41, 5.74) is 1.87. The fourth-order valence-electron chi connectivity index (χ4n) is 2.79. The molecule has 2 N–H and O–H groups in total. The van der Waals surface area contributed by atoms with E-state index in [1.807, 2.05) is 24.3 Å². The number of ether oxygens (including phenoxy) is 6. The van der Waals surface area contributed by atoms with E-state index in [2.05, 4.69) is 0 Å². The molecular formula is C20H26O10. The molecule has 1 aromatic carbocycles. The third-order valence-corrected chi connectivity index (χ3v) is 4.95. The second kappa shape index (κ2) is 9.38. The van der Waals surface area contributed by atoms with Crippen LogP contribution in [0.5, 0.6) is 0 Å². The molecule has 0 unspecified atom stereocenters. The van der Waals surface area contributed by atoms with Crippen LogP contribution in [0, 0.1) is 0 Å². The minimum Gasteiger partial charge on any atom is -0.477 e. The smallest absolute Gasteiger partial charge is 0.364 e. The van der Waals surface area contributed by atoms with E-state index >= 15 is 0 Å². The molecule has 0 atom stereocenters. The predicted molar refractivity (Wildman–Crippen MR) is 99.5 cm³/mol. The Labute approximate surface area is 173 Å². The van der Waals surface area contributed by atoms with Crippen LogP contribution in [0.4, 0.5) is 0 Å². The largest absolute Gasteiger partial charge is 0.477 e. The molecule has 0 saturated carbocycles. The van der Waals surface area contributed by atoms with Crippen molar-refractivity contribution in [1.82, 2.24) is 0 Å². The lowest BCUT2D eigenvalue weighted by Crippen LogP contribution is -2.50. The van der Waals surface area contributed by atoms with Crippen LogP contribution in [0.3, 0.4) is 0 Å². The number of carbonyl (C=O) groups is 2. The van der Waals surface area contributed by atoms with Crippen LogP contribution in [-0.2, 0) is 51.2 Å². The van der Waals surface area contributed by atoms with Crippen molar-refractivity contribution in [2.45, 2.75) is 50.8 Å². The van der Waals surface area contributed by atoms with Gasteiger partial charge in [-0.15, -0.1) is 0 Å². The van der Waals surface area contributed by atoms with Gasteiger partial charge in [0.15, 0.2) is 0 Å². The molecule has 2 aliphatic heterocycles. The van der Waals surface area contributed by atoms with E-state index in [0.29, 0.717) is 13.2 Å². The highest BCUT2D eigenvalue weighted by Crippen LogP contribution is 2.22. The molecule has 0 aromatic heterocycles. The first-order valence-electron chi connectivity index (χ1n) is 9.54. The number of rotatable bonds is 8. The van der Waals surface area contributed by atoms with Crippen molar-refractivity contribution in [1.29, 1.82) is 0 Å². The van der Waals surface area contributed by atoms with Crippen molar-refractivity contribution in [2.24, 2.45) is 0 Å². The molecule has 0 spiro atoms. The Hall–Kier alpha value is -2.08. The van der Waals surface area contributed by atoms with Gasteiger partial charge in [0.05, 0.1) is 39.6 Å². The number of aliphatic carboxylic acids is 2. The Bertz CT molecular complexity index is 667. The van der Waals surface area contributed by atoms with E-state index < -0.39 is 23.5 Å². The highest BCUT2D eigenvalue weighted by atomic mass is 16.7. The molecule has 2 heterocycles. The average Bonchev–Trinajstić information content (AvgIpc) is 2.73. The lowest BCUT2D eigenvalue weighted by Gasteiger charge is -2.34. The maximum absolute atomic E-state index is 11.1. The minimum atomic E-state index is -1.62. The Morgan fingerprint density at radius 2 is 1.10 bits per heavy atom. The summed E-state index contributed by atoms with van der Waals surface area (Å²) in [6.07, 6.45) is -0.688. The van der Waals surface area contributed by atoms with Crippen molar-refractivity contribution in [3.05, 3.63) is 35.4 Å². The highest BCUT2D eigenvalue weighted by Gasteiger charge is 2.41. The highest BCUT2D eigenvalue weighted by molar-refractivity contribution is 5.75. The minimum absolute atomic E-state index is 0.140. The van der Waals surface area contributed by atoms with Crippen LogP contribution in [0.2, 0.25) is 0 Å². The van der Waals surface area contributed by atoms with Crippen molar-refractivity contribution in [3.63, 3.8) is 0 Å². The van der Waals surface area contributed by atoms with Gasteiger partial charge in [-0.25, -0.2) is 9.59 Å². The number of carboxylic acids is 2. The second-order valence-corrected chi connectivity index (χ2v) is 7.43. The molecule has 10 nitrogen and oxygen atoms in total. The summed E-state index contributed by atoms with van der Waals surface area (Å²) in [5, 5.41) is 18.1. The summed E-state index contributed by atoms with van der Waals surface area (Å²) in [6.45, 7) is 3.96. The topological polar surface area (TPSA) is 130 Å². The van der Waals surface area contributed by atoms with Crippen molar-refractivity contribution in [2.75, 3.05) is 26.4 Å². The quantitative estimate of drug-likeness (QED) is 0.624. The predicted octanol–water partition coefficient (Wildman–Crippen LogP) is 1.15. The molecule has 2 saturated heterocycles. The van der Waals surface area contributed by atoms with E-state index in [9.17, 15) is 9.59 Å². The normalized spacial score (nSPS) is 31.9. The van der Waals surface area contributed by atoms with Gasteiger partial charge in [0, 0.05) is 13.8 Å². The number of benzene rings is 1. The number of hydrogen-bond acceptors (Lipinski definition) is 8. The molecule has 0 radical (unpaired) electrons. The Kier molecular flexibility index (Phi) is 7.06. The Morgan fingerprint density at radius 1 is 0.800 bits per heavy atom. The summed E-state index contributed by atoms with van der Waals surface area (Å²) < 4.78 is 32.4. The van der Waals surface area contributed by atoms with Crippen LogP contribution in [-0.4, -0.2) is 72.4 Å². The summed E-state index contributed by atoms with van der Waals surface area (Å²) in [7, 11) is 0. The van der Waals surface area contributed by atoms with Crippen molar-refractivity contribution in [3.8, 4) is 0 Å². The van der Waals surface area contributed by atoms with Gasteiger partial charge in [-0.1, -0.05) is 24.3 Å². The van der Waals surface area contributed by atoms with Gasteiger partial charge in [-0.2, -0.15) is 0 Å². The van der Waals surface area contributed by atoms with E-state index in [0.717, 1.165) is 11.1 Å².